The summed E-state index contributed by atoms with van der Waals surface area (Å²) in [5, 5.41) is 43.5. The minimum absolute atomic E-state index is 0.121. The molecule has 0 spiro atoms. The van der Waals surface area contributed by atoms with Gasteiger partial charge in [0.2, 0.25) is 0 Å². The van der Waals surface area contributed by atoms with Crippen molar-refractivity contribution in [1.29, 1.82) is 0 Å². The van der Waals surface area contributed by atoms with Gasteiger partial charge in [0, 0.05) is 11.3 Å². The number of phenols is 4. The number of hydrogen-bond acceptors (Lipinski definition) is 4. The fraction of sp³-hybridized carbons (Fsp3) is 0.579. The molecule has 61 heavy (non-hydrogen) atoms. The van der Waals surface area contributed by atoms with Gasteiger partial charge in [0.15, 0.2) is 0 Å². The number of hydrogen-bond donors (Lipinski definition) is 4. The summed E-state index contributed by atoms with van der Waals surface area (Å²) < 4.78 is 0. The first-order valence-electron chi connectivity index (χ1n) is 22.7. The smallest absolute Gasteiger partial charge is 0.123 e. The summed E-state index contributed by atoms with van der Waals surface area (Å²) in [5.41, 5.74) is 11.7. The maximum Gasteiger partial charge on any atom is 0.123 e. The maximum atomic E-state index is 11.2. The second kappa shape index (κ2) is 17.3. The molecular formula is C57H86O4. The van der Waals surface area contributed by atoms with E-state index in [9.17, 15) is 20.4 Å². The topological polar surface area (TPSA) is 80.9 Å². The molecule has 0 aliphatic carbocycles. The van der Waals surface area contributed by atoms with Crippen molar-refractivity contribution in [2.45, 2.75) is 216 Å². The van der Waals surface area contributed by atoms with Crippen molar-refractivity contribution in [2.75, 3.05) is 0 Å². The number of rotatable bonds is 6. The highest BCUT2D eigenvalue weighted by Gasteiger charge is 2.35. The van der Waals surface area contributed by atoms with Gasteiger partial charge < -0.3 is 20.4 Å². The second-order valence-electron chi connectivity index (χ2n) is 24.8. The molecule has 0 saturated heterocycles. The predicted molar refractivity (Wildman–Crippen MR) is 263 cm³/mol. The lowest BCUT2D eigenvalue weighted by atomic mass is 9.69. The maximum absolute atomic E-state index is 11.2. The van der Waals surface area contributed by atoms with E-state index in [0.717, 1.165) is 57.3 Å². The van der Waals surface area contributed by atoms with Crippen LogP contribution >= 0.6 is 0 Å². The molecule has 338 valence electrons. The average molecular weight is 835 g/mol. The third kappa shape index (κ3) is 11.6. The molecule has 0 fully saturated rings. The summed E-state index contributed by atoms with van der Waals surface area (Å²) in [6, 6.07) is 17.0. The van der Waals surface area contributed by atoms with Crippen LogP contribution in [0.3, 0.4) is 0 Å². The van der Waals surface area contributed by atoms with Crippen LogP contribution in [0, 0.1) is 13.8 Å². The molecule has 0 radical (unpaired) electrons. The number of aromatic hydroxyl groups is 4. The van der Waals surface area contributed by atoms with E-state index in [2.05, 4.69) is 196 Å². The third-order valence-electron chi connectivity index (χ3n) is 12.6. The summed E-state index contributed by atoms with van der Waals surface area (Å²) >= 11 is 0. The van der Waals surface area contributed by atoms with E-state index in [1.165, 1.54) is 22.3 Å². The number of benzene rings is 4. The third-order valence-corrected chi connectivity index (χ3v) is 12.6. The van der Waals surface area contributed by atoms with Gasteiger partial charge in [-0.05, 0) is 132 Å². The zero-order chi connectivity index (χ0) is 47.4. The van der Waals surface area contributed by atoms with Gasteiger partial charge in [-0.1, -0.05) is 188 Å². The van der Waals surface area contributed by atoms with Crippen molar-refractivity contribution in [3.8, 4) is 23.0 Å². The molecule has 0 aliphatic rings. The van der Waals surface area contributed by atoms with Crippen molar-refractivity contribution < 1.29 is 20.4 Å². The molecule has 0 aliphatic heterocycles. The first kappa shape index (κ1) is 51.4. The van der Waals surface area contributed by atoms with E-state index in [1.807, 2.05) is 12.1 Å². The Morgan fingerprint density at radius 1 is 0.377 bits per heavy atom. The lowest BCUT2D eigenvalue weighted by molar-refractivity contribution is 0.420. The molecular weight excluding hydrogens is 749 g/mol. The number of phenolic OH excluding ortho intramolecular Hbond substituents is 4. The fourth-order valence-electron chi connectivity index (χ4n) is 8.58. The fourth-order valence-corrected chi connectivity index (χ4v) is 8.58. The molecule has 0 heterocycles. The Morgan fingerprint density at radius 3 is 0.836 bits per heavy atom. The molecule has 4 N–H and O–H groups in total. The van der Waals surface area contributed by atoms with Crippen LogP contribution in [0.1, 0.15) is 231 Å². The monoisotopic (exact) mass is 835 g/mol. The van der Waals surface area contributed by atoms with Crippen LogP contribution in [0.15, 0.2) is 48.5 Å². The zero-order valence-electron chi connectivity index (χ0n) is 42.9. The summed E-state index contributed by atoms with van der Waals surface area (Å²) in [7, 11) is 0. The zero-order valence-corrected chi connectivity index (χ0v) is 42.9. The molecule has 4 nitrogen and oxygen atoms in total. The molecule has 4 aromatic carbocycles. The normalized spacial score (nSPS) is 13.4. The molecule has 0 saturated carbocycles. The standard InChI is InChI=1S/C31H48O2.C26H38O2/c1-27(2,3)21-15-19(16-22(25(21)32)28(4,5)6)31(13,14)20-17-23(29(7,8)9)26(33)24(18-20)30(10,11)12;1-10-11-18(19-14-21(25(4,5)6)23(27)12-16(19)2)20-15-22(26(7,8)9)24(28)13-17(20)3/h15-18,32-33H,1-14H3;12-15,18,27-28H,10-11H2,1-9H3. The highest BCUT2D eigenvalue weighted by atomic mass is 16.3. The van der Waals surface area contributed by atoms with Gasteiger partial charge in [-0.25, -0.2) is 0 Å². The second-order valence-corrected chi connectivity index (χ2v) is 24.8. The van der Waals surface area contributed by atoms with Gasteiger partial charge in [-0.15, -0.1) is 0 Å². The van der Waals surface area contributed by atoms with E-state index < -0.39 is 0 Å². The van der Waals surface area contributed by atoms with E-state index in [-0.39, 0.29) is 43.8 Å². The molecule has 0 unspecified atom stereocenters. The first-order chi connectivity index (χ1) is 27.3. The Balaban J connectivity index is 0.000000330. The largest absolute Gasteiger partial charge is 0.508 e. The molecule has 4 rings (SSSR count). The van der Waals surface area contributed by atoms with Crippen LogP contribution in [0.25, 0.3) is 0 Å². The van der Waals surface area contributed by atoms with Crippen LogP contribution in [0.4, 0.5) is 0 Å². The van der Waals surface area contributed by atoms with Gasteiger partial charge in [-0.2, -0.15) is 0 Å². The van der Waals surface area contributed by atoms with Crippen molar-refractivity contribution in [1.82, 2.24) is 0 Å². The first-order valence-corrected chi connectivity index (χ1v) is 22.7. The lowest BCUT2D eigenvalue weighted by Crippen LogP contribution is -2.26. The molecule has 4 heteroatoms. The minimum Gasteiger partial charge on any atom is -0.508 e. The van der Waals surface area contributed by atoms with E-state index >= 15 is 0 Å². The Labute approximate surface area is 373 Å². The van der Waals surface area contributed by atoms with Gasteiger partial charge in [0.05, 0.1) is 0 Å². The lowest BCUT2D eigenvalue weighted by Gasteiger charge is -2.35. The molecule has 0 bridgehead atoms. The Hall–Kier alpha value is -3.92. The van der Waals surface area contributed by atoms with Crippen molar-refractivity contribution >= 4 is 0 Å². The van der Waals surface area contributed by atoms with Crippen molar-refractivity contribution in [3.63, 3.8) is 0 Å². The quantitative estimate of drug-likeness (QED) is 0.156. The summed E-state index contributed by atoms with van der Waals surface area (Å²) in [6.07, 6.45) is 2.10. The summed E-state index contributed by atoms with van der Waals surface area (Å²) in [4.78, 5) is 0. The van der Waals surface area contributed by atoms with E-state index in [4.69, 9.17) is 0 Å². The molecule has 0 amide bonds. The summed E-state index contributed by atoms with van der Waals surface area (Å²) in [6.45, 7) is 49.6. The van der Waals surface area contributed by atoms with Crippen molar-refractivity contribution in [3.05, 3.63) is 115 Å². The van der Waals surface area contributed by atoms with Crippen LogP contribution in [-0.4, -0.2) is 20.4 Å². The van der Waals surface area contributed by atoms with E-state index in [0.29, 0.717) is 23.0 Å². The van der Waals surface area contributed by atoms with Gasteiger partial charge in [-0.3, -0.25) is 0 Å². The van der Waals surface area contributed by atoms with Crippen LogP contribution in [-0.2, 0) is 37.9 Å². The van der Waals surface area contributed by atoms with Crippen molar-refractivity contribution in [2.24, 2.45) is 0 Å². The highest BCUT2D eigenvalue weighted by molar-refractivity contribution is 5.57. The van der Waals surface area contributed by atoms with Gasteiger partial charge >= 0.3 is 0 Å². The number of aryl methyl sites for hydroxylation is 2. The van der Waals surface area contributed by atoms with Crippen LogP contribution in [0.5, 0.6) is 23.0 Å². The highest BCUT2D eigenvalue weighted by Crippen LogP contribution is 2.48. The molecule has 0 atom stereocenters. The minimum atomic E-state index is -0.318. The Morgan fingerprint density at radius 2 is 0.623 bits per heavy atom. The van der Waals surface area contributed by atoms with Gasteiger partial charge in [0.1, 0.15) is 23.0 Å². The SMILES string of the molecule is CC(C)(C)c1cc(C(C)(C)c2cc(C(C)(C)C)c(O)c(C(C)(C)C)c2)cc(C(C)(C)C)c1O.CCCC(c1cc(C(C)(C)C)c(O)cc1C)c1cc(C(C)(C)C)c(O)cc1C. The Bertz CT molecular complexity index is 1970. The van der Waals surface area contributed by atoms with Crippen LogP contribution < -0.4 is 0 Å². The van der Waals surface area contributed by atoms with E-state index in [1.54, 1.807) is 0 Å². The average Bonchev–Trinajstić information content (AvgIpc) is 3.04. The van der Waals surface area contributed by atoms with Gasteiger partial charge in [0.25, 0.3) is 0 Å². The Kier molecular flexibility index (Phi) is 14.6. The molecule has 4 aromatic rings. The molecule has 0 aromatic heterocycles. The van der Waals surface area contributed by atoms with Crippen LogP contribution in [0.2, 0.25) is 0 Å². The summed E-state index contributed by atoms with van der Waals surface area (Å²) in [5.74, 6) is 1.81. The predicted octanol–water partition coefficient (Wildman–Crippen LogP) is 15.9.